The Morgan fingerprint density at radius 3 is 1.29 bits per heavy atom. The number of fused-ring (bicyclic) bond motifs is 2. The molecule has 4 aromatic rings. The van der Waals surface area contributed by atoms with Gasteiger partial charge >= 0.3 is 26.2 Å². The molecular weight excluding hydrogens is 619 g/mol. The monoisotopic (exact) mass is 666 g/mol. The maximum atomic E-state index is 2.44. The van der Waals surface area contributed by atoms with Gasteiger partial charge in [0.15, 0.2) is 0 Å². The van der Waals surface area contributed by atoms with Gasteiger partial charge in [-0.2, -0.15) is 12.1 Å². The molecule has 6 unspecified atom stereocenters. The minimum absolute atomic E-state index is 0. The molecular formula is C38H50Cl2Zr. The molecule has 0 spiro atoms. The number of hydrogen-bond acceptors (Lipinski definition) is 0. The second-order valence-electron chi connectivity index (χ2n) is 13.7. The van der Waals surface area contributed by atoms with Crippen molar-refractivity contribution in [2.75, 3.05) is 0 Å². The van der Waals surface area contributed by atoms with Gasteiger partial charge in [-0.1, -0.05) is 66.5 Å². The van der Waals surface area contributed by atoms with Crippen molar-refractivity contribution >= 4 is 21.5 Å². The van der Waals surface area contributed by atoms with Gasteiger partial charge < -0.3 is 24.8 Å². The summed E-state index contributed by atoms with van der Waals surface area (Å²) in [6, 6.07) is 27.3. The maximum absolute atomic E-state index is 2.44. The molecule has 4 aromatic carbocycles. The van der Waals surface area contributed by atoms with Crippen LogP contribution in [0.4, 0.5) is 0 Å². The Kier molecular flexibility index (Phi) is 14.4. The SMILES string of the molecule is CC1CCC(C(C)C)C(c2cc3ccccc3[cH-]2)C1.CC1CCC(C(C)C)C(c2cc3ccccc3[cH-]2)C1.[Cl-].[Cl-].[Zr+4]. The van der Waals surface area contributed by atoms with Crippen LogP contribution in [-0.4, -0.2) is 0 Å². The fourth-order valence-corrected chi connectivity index (χ4v) is 7.95. The summed E-state index contributed by atoms with van der Waals surface area (Å²) in [7, 11) is 0. The van der Waals surface area contributed by atoms with Crippen molar-refractivity contribution < 1.29 is 51.0 Å². The first kappa shape index (κ1) is 36.3. The second-order valence-corrected chi connectivity index (χ2v) is 13.7. The van der Waals surface area contributed by atoms with Crippen molar-refractivity contribution in [2.24, 2.45) is 35.5 Å². The van der Waals surface area contributed by atoms with Crippen LogP contribution in [-0.2, 0) is 26.2 Å². The zero-order chi connectivity index (χ0) is 26.8. The predicted molar refractivity (Wildman–Crippen MR) is 167 cm³/mol. The molecule has 0 aromatic heterocycles. The Morgan fingerprint density at radius 2 is 0.951 bits per heavy atom. The Bertz CT molecular complexity index is 1150. The molecule has 3 heteroatoms. The number of hydrogen-bond donors (Lipinski definition) is 0. The molecule has 0 bridgehead atoms. The Labute approximate surface area is 282 Å². The Morgan fingerprint density at radius 1 is 0.585 bits per heavy atom. The minimum atomic E-state index is 0. The van der Waals surface area contributed by atoms with Gasteiger partial charge in [-0.05, 0) is 73.0 Å². The van der Waals surface area contributed by atoms with Crippen LogP contribution in [0.15, 0.2) is 72.8 Å². The van der Waals surface area contributed by atoms with Crippen molar-refractivity contribution in [1.29, 1.82) is 0 Å². The number of rotatable bonds is 4. The van der Waals surface area contributed by atoms with Crippen LogP contribution >= 0.6 is 0 Å². The van der Waals surface area contributed by atoms with Gasteiger partial charge in [-0.25, -0.2) is 0 Å². The van der Waals surface area contributed by atoms with E-state index in [0.717, 1.165) is 47.3 Å². The first-order valence-corrected chi connectivity index (χ1v) is 15.6. The number of halogens is 2. The molecule has 2 aliphatic rings. The van der Waals surface area contributed by atoms with E-state index in [2.05, 4.69) is 114 Å². The average molecular weight is 669 g/mol. The zero-order valence-corrected chi connectivity index (χ0v) is 30.0. The maximum Gasteiger partial charge on any atom is 4.00 e. The van der Waals surface area contributed by atoms with E-state index < -0.39 is 0 Å². The molecule has 2 aliphatic carbocycles. The summed E-state index contributed by atoms with van der Waals surface area (Å²) in [5.41, 5.74) is 3.18. The molecule has 2 saturated carbocycles. The van der Waals surface area contributed by atoms with Gasteiger partial charge in [0.05, 0.1) is 0 Å². The summed E-state index contributed by atoms with van der Waals surface area (Å²) in [4.78, 5) is 0. The minimum Gasteiger partial charge on any atom is -1.00 e. The van der Waals surface area contributed by atoms with Gasteiger partial charge in [0, 0.05) is 0 Å². The molecule has 0 N–H and O–H groups in total. The van der Waals surface area contributed by atoms with Crippen LogP contribution in [0.25, 0.3) is 21.5 Å². The van der Waals surface area contributed by atoms with E-state index in [-0.39, 0.29) is 51.0 Å². The fourth-order valence-electron chi connectivity index (χ4n) is 7.95. The van der Waals surface area contributed by atoms with E-state index in [9.17, 15) is 0 Å². The summed E-state index contributed by atoms with van der Waals surface area (Å²) in [5.74, 6) is 6.66. The van der Waals surface area contributed by atoms with Crippen molar-refractivity contribution in [3.8, 4) is 0 Å². The molecule has 41 heavy (non-hydrogen) atoms. The Hall–Kier alpha value is -0.877. The summed E-state index contributed by atoms with van der Waals surface area (Å²) >= 11 is 0. The summed E-state index contributed by atoms with van der Waals surface area (Å²) in [5, 5.41) is 5.66. The summed E-state index contributed by atoms with van der Waals surface area (Å²) < 4.78 is 0. The molecule has 0 saturated heterocycles. The van der Waals surface area contributed by atoms with Crippen LogP contribution < -0.4 is 24.8 Å². The normalized spacial score (nSPS) is 26.0. The third-order valence-electron chi connectivity index (χ3n) is 10.2. The van der Waals surface area contributed by atoms with Gasteiger partial charge in [-0.3, -0.25) is 0 Å². The first-order valence-electron chi connectivity index (χ1n) is 15.6. The number of benzene rings is 2. The third-order valence-corrected chi connectivity index (χ3v) is 10.2. The van der Waals surface area contributed by atoms with Gasteiger partial charge in [0.2, 0.25) is 0 Å². The van der Waals surface area contributed by atoms with E-state index in [1.54, 1.807) is 11.1 Å². The molecule has 0 nitrogen and oxygen atoms in total. The van der Waals surface area contributed by atoms with E-state index >= 15 is 0 Å². The van der Waals surface area contributed by atoms with Crippen molar-refractivity contribution in [1.82, 2.24) is 0 Å². The molecule has 0 heterocycles. The van der Waals surface area contributed by atoms with Crippen LogP contribution in [0.2, 0.25) is 0 Å². The van der Waals surface area contributed by atoms with Crippen LogP contribution in [0.5, 0.6) is 0 Å². The third kappa shape index (κ3) is 8.61. The van der Waals surface area contributed by atoms with Crippen LogP contribution in [0.1, 0.15) is 103 Å². The van der Waals surface area contributed by atoms with E-state index in [1.165, 1.54) is 60.1 Å². The van der Waals surface area contributed by atoms with Gasteiger partial charge in [0.25, 0.3) is 0 Å². The first-order chi connectivity index (χ1) is 18.3. The summed E-state index contributed by atoms with van der Waals surface area (Å²) in [6.45, 7) is 14.4. The summed E-state index contributed by atoms with van der Waals surface area (Å²) in [6.07, 6.45) is 8.40. The van der Waals surface area contributed by atoms with Crippen LogP contribution in [0, 0.1) is 35.5 Å². The van der Waals surface area contributed by atoms with Crippen LogP contribution in [0.3, 0.4) is 0 Å². The largest absolute Gasteiger partial charge is 4.00 e. The zero-order valence-electron chi connectivity index (χ0n) is 26.0. The molecule has 220 valence electrons. The molecule has 0 aliphatic heterocycles. The topological polar surface area (TPSA) is 0 Å². The van der Waals surface area contributed by atoms with Gasteiger partial charge in [-0.15, -0.1) is 81.2 Å². The smallest absolute Gasteiger partial charge is 1.00 e. The van der Waals surface area contributed by atoms with E-state index in [0.29, 0.717) is 0 Å². The van der Waals surface area contributed by atoms with E-state index in [4.69, 9.17) is 0 Å². The fraction of sp³-hybridized carbons (Fsp3) is 0.526. The quantitative estimate of drug-likeness (QED) is 0.253. The van der Waals surface area contributed by atoms with Crippen molar-refractivity contribution in [2.45, 2.75) is 91.9 Å². The Balaban J connectivity index is 0.000000267. The molecule has 2 fully saturated rings. The van der Waals surface area contributed by atoms with E-state index in [1.807, 2.05) is 0 Å². The second kappa shape index (κ2) is 16.3. The molecule has 0 radical (unpaired) electrons. The molecule has 0 amide bonds. The molecule has 6 atom stereocenters. The van der Waals surface area contributed by atoms with Crippen molar-refractivity contribution in [3.05, 3.63) is 83.9 Å². The van der Waals surface area contributed by atoms with Gasteiger partial charge in [0.1, 0.15) is 0 Å². The average Bonchev–Trinajstić information content (AvgIpc) is 3.53. The predicted octanol–water partition coefficient (Wildman–Crippen LogP) is 5.47. The van der Waals surface area contributed by atoms with Crippen molar-refractivity contribution in [3.63, 3.8) is 0 Å². The molecule has 6 rings (SSSR count). The standard InChI is InChI=1S/2C19H25.2ClH.Zr/c2*1-13(2)18-9-8-14(3)10-19(18)17-11-15-6-4-5-7-16(15)12-17;;;/h2*4-7,11-14,18-19H,8-10H2,1-3H3;2*1H;/q2*-1;;;+4/p-2.